The second-order valence-corrected chi connectivity index (χ2v) is 5.27. The zero-order chi connectivity index (χ0) is 15.5. The summed E-state index contributed by atoms with van der Waals surface area (Å²) in [4.78, 5) is 3.83. The molecule has 3 nitrogen and oxygen atoms in total. The Hall–Kier alpha value is -1.34. The lowest BCUT2D eigenvalue weighted by atomic mass is 10.0. The molecule has 0 aliphatic carbocycles. The number of nitrogens with zero attached hydrogens (tertiary/aromatic N) is 1. The van der Waals surface area contributed by atoms with Gasteiger partial charge in [-0.25, -0.2) is 0 Å². The highest BCUT2D eigenvalue weighted by atomic mass is 79.9. The molecular formula is C14H14BrF3N2O. The van der Waals surface area contributed by atoms with Crippen LogP contribution in [0.2, 0.25) is 0 Å². The van der Waals surface area contributed by atoms with Crippen molar-refractivity contribution in [1.29, 1.82) is 0 Å². The second kappa shape index (κ2) is 6.62. The number of alkyl halides is 3. The van der Waals surface area contributed by atoms with E-state index in [4.69, 9.17) is 4.42 Å². The average molecular weight is 363 g/mol. The lowest BCUT2D eigenvalue weighted by molar-refractivity contribution is -0.138. The van der Waals surface area contributed by atoms with E-state index >= 15 is 0 Å². The molecule has 2 aromatic heterocycles. The predicted octanol–water partition coefficient (Wildman–Crippen LogP) is 4.54. The summed E-state index contributed by atoms with van der Waals surface area (Å²) in [5.74, 6) is 0.411. The third-order valence-corrected chi connectivity index (χ3v) is 3.37. The van der Waals surface area contributed by atoms with Gasteiger partial charge in [-0.2, -0.15) is 13.2 Å². The Morgan fingerprint density at radius 2 is 2.10 bits per heavy atom. The van der Waals surface area contributed by atoms with Gasteiger partial charge in [0.05, 0.1) is 11.6 Å². The number of aromatic nitrogens is 1. The van der Waals surface area contributed by atoms with Gasteiger partial charge in [0, 0.05) is 18.0 Å². The normalized spacial score (nSPS) is 13.4. The second-order valence-electron chi connectivity index (χ2n) is 4.49. The van der Waals surface area contributed by atoms with Gasteiger partial charge in [-0.3, -0.25) is 4.98 Å². The summed E-state index contributed by atoms with van der Waals surface area (Å²) in [5, 5.41) is 3.07. The van der Waals surface area contributed by atoms with Crippen molar-refractivity contribution in [3.05, 3.63) is 52.1 Å². The van der Waals surface area contributed by atoms with Crippen LogP contribution in [0, 0.1) is 0 Å². The van der Waals surface area contributed by atoms with E-state index in [1.165, 1.54) is 6.20 Å². The molecule has 0 aromatic carbocycles. The summed E-state index contributed by atoms with van der Waals surface area (Å²) >= 11 is 3.17. The van der Waals surface area contributed by atoms with Gasteiger partial charge in [0.1, 0.15) is 5.76 Å². The van der Waals surface area contributed by atoms with Gasteiger partial charge < -0.3 is 9.73 Å². The maximum Gasteiger partial charge on any atom is 0.416 e. The summed E-state index contributed by atoms with van der Waals surface area (Å²) in [6.07, 6.45) is -1.28. The summed E-state index contributed by atoms with van der Waals surface area (Å²) in [6, 6.07) is 3.58. The highest BCUT2D eigenvalue weighted by Gasteiger charge is 2.36. The maximum absolute atomic E-state index is 13.2. The number of pyridine rings is 1. The minimum absolute atomic E-state index is 0.0558. The molecule has 0 amide bonds. The van der Waals surface area contributed by atoms with Crippen molar-refractivity contribution in [2.24, 2.45) is 0 Å². The Morgan fingerprint density at radius 3 is 2.67 bits per heavy atom. The molecule has 7 heteroatoms. The van der Waals surface area contributed by atoms with E-state index in [2.05, 4.69) is 26.2 Å². The van der Waals surface area contributed by atoms with Crippen LogP contribution in [0.3, 0.4) is 0 Å². The SMILES string of the molecule is CCCNC(c1ccc(Br)o1)c1cnccc1C(F)(F)F. The van der Waals surface area contributed by atoms with Crippen molar-refractivity contribution in [3.63, 3.8) is 0 Å². The third-order valence-electron chi connectivity index (χ3n) is 2.95. The molecular weight excluding hydrogens is 349 g/mol. The first kappa shape index (κ1) is 16.0. The monoisotopic (exact) mass is 362 g/mol. The van der Waals surface area contributed by atoms with Crippen molar-refractivity contribution in [3.8, 4) is 0 Å². The minimum Gasteiger partial charge on any atom is -0.452 e. The van der Waals surface area contributed by atoms with Crippen LogP contribution in [0.5, 0.6) is 0 Å². The van der Waals surface area contributed by atoms with Gasteiger partial charge in [-0.15, -0.1) is 0 Å². The van der Waals surface area contributed by atoms with Crippen molar-refractivity contribution in [1.82, 2.24) is 10.3 Å². The van der Waals surface area contributed by atoms with Crippen LogP contribution in [0.15, 0.2) is 39.7 Å². The van der Waals surface area contributed by atoms with Gasteiger partial charge >= 0.3 is 6.18 Å². The fourth-order valence-corrected chi connectivity index (χ4v) is 2.35. The predicted molar refractivity (Wildman–Crippen MR) is 75.8 cm³/mol. The Labute approximate surface area is 128 Å². The van der Waals surface area contributed by atoms with Crippen LogP contribution in [0.1, 0.15) is 36.3 Å². The van der Waals surface area contributed by atoms with Crippen molar-refractivity contribution in [2.45, 2.75) is 25.6 Å². The topological polar surface area (TPSA) is 38.1 Å². The van der Waals surface area contributed by atoms with Gasteiger partial charge in [0.15, 0.2) is 4.67 Å². The highest BCUT2D eigenvalue weighted by molar-refractivity contribution is 9.10. The maximum atomic E-state index is 13.2. The van der Waals surface area contributed by atoms with Crippen molar-refractivity contribution >= 4 is 15.9 Å². The quantitative estimate of drug-likeness (QED) is 0.847. The van der Waals surface area contributed by atoms with Crippen LogP contribution in [0.25, 0.3) is 0 Å². The van der Waals surface area contributed by atoms with E-state index in [1.54, 1.807) is 12.1 Å². The van der Waals surface area contributed by atoms with Crippen LogP contribution in [-0.4, -0.2) is 11.5 Å². The molecule has 114 valence electrons. The van der Waals surface area contributed by atoms with E-state index in [-0.39, 0.29) is 5.56 Å². The molecule has 21 heavy (non-hydrogen) atoms. The molecule has 1 unspecified atom stereocenters. The minimum atomic E-state index is -4.44. The fourth-order valence-electron chi connectivity index (χ4n) is 2.03. The van der Waals surface area contributed by atoms with Crippen LogP contribution >= 0.6 is 15.9 Å². The Morgan fingerprint density at radius 1 is 1.33 bits per heavy atom. The molecule has 0 aliphatic heterocycles. The van der Waals surface area contributed by atoms with Gasteiger partial charge in [0.2, 0.25) is 0 Å². The summed E-state index contributed by atoms with van der Waals surface area (Å²) in [7, 11) is 0. The Kier molecular flexibility index (Phi) is 5.05. The third kappa shape index (κ3) is 3.85. The molecule has 0 bridgehead atoms. The molecule has 2 heterocycles. The zero-order valence-electron chi connectivity index (χ0n) is 11.2. The largest absolute Gasteiger partial charge is 0.452 e. The molecule has 1 N–H and O–H groups in total. The smallest absolute Gasteiger partial charge is 0.416 e. The Balaban J connectivity index is 2.46. The lowest BCUT2D eigenvalue weighted by Crippen LogP contribution is -2.25. The van der Waals surface area contributed by atoms with E-state index in [0.717, 1.165) is 18.7 Å². The lowest BCUT2D eigenvalue weighted by Gasteiger charge is -2.20. The van der Waals surface area contributed by atoms with Crippen LogP contribution in [0.4, 0.5) is 13.2 Å². The van der Waals surface area contributed by atoms with E-state index < -0.39 is 17.8 Å². The number of furan rings is 1. The molecule has 1 atom stereocenters. The average Bonchev–Trinajstić information content (AvgIpc) is 2.85. The van der Waals surface area contributed by atoms with Gasteiger partial charge in [0.25, 0.3) is 0 Å². The fraction of sp³-hybridized carbons (Fsp3) is 0.357. The first-order valence-electron chi connectivity index (χ1n) is 6.43. The van der Waals surface area contributed by atoms with E-state index in [9.17, 15) is 13.2 Å². The molecule has 0 aliphatic rings. The molecule has 0 spiro atoms. The molecule has 0 saturated carbocycles. The number of halogens is 4. The van der Waals surface area contributed by atoms with E-state index in [0.29, 0.717) is 17.0 Å². The number of hydrogen-bond acceptors (Lipinski definition) is 3. The number of rotatable bonds is 5. The summed E-state index contributed by atoms with van der Waals surface area (Å²) in [6.45, 7) is 2.51. The number of nitrogens with one attached hydrogen (secondary N) is 1. The molecule has 2 rings (SSSR count). The van der Waals surface area contributed by atoms with Gasteiger partial charge in [-0.05, 0) is 47.1 Å². The Bertz CT molecular complexity index is 598. The first-order valence-corrected chi connectivity index (χ1v) is 7.22. The molecule has 0 radical (unpaired) electrons. The molecule has 0 saturated heterocycles. The summed E-state index contributed by atoms with van der Waals surface area (Å²) < 4.78 is 45.4. The van der Waals surface area contributed by atoms with Crippen molar-refractivity contribution < 1.29 is 17.6 Å². The molecule has 0 fully saturated rings. The zero-order valence-corrected chi connectivity index (χ0v) is 12.8. The van der Waals surface area contributed by atoms with Crippen LogP contribution < -0.4 is 5.32 Å². The molecule has 2 aromatic rings. The van der Waals surface area contributed by atoms with Crippen LogP contribution in [-0.2, 0) is 6.18 Å². The first-order chi connectivity index (χ1) is 9.93. The summed E-state index contributed by atoms with van der Waals surface area (Å²) in [5.41, 5.74) is -0.654. The number of hydrogen-bond donors (Lipinski definition) is 1. The van der Waals surface area contributed by atoms with E-state index in [1.807, 2.05) is 6.92 Å². The van der Waals surface area contributed by atoms with Crippen molar-refractivity contribution in [2.75, 3.05) is 6.54 Å². The standard InChI is InChI=1S/C14H14BrF3N2O/c1-2-6-20-13(11-3-4-12(15)21-11)9-8-19-7-5-10(9)14(16,17)18/h3-5,7-8,13,20H,2,6H2,1H3. The van der Waals surface area contributed by atoms with Gasteiger partial charge in [-0.1, -0.05) is 6.92 Å². The highest BCUT2D eigenvalue weighted by Crippen LogP contribution is 2.36.